The summed E-state index contributed by atoms with van der Waals surface area (Å²) in [7, 11) is 0. The molecule has 118 valence electrons. The van der Waals surface area contributed by atoms with Crippen LogP contribution in [-0.2, 0) is 5.41 Å². The second-order valence-electron chi connectivity index (χ2n) is 6.09. The lowest BCUT2D eigenvalue weighted by Gasteiger charge is -2.16. The maximum atomic E-state index is 12.7. The highest BCUT2D eigenvalue weighted by molar-refractivity contribution is 6.30. The van der Waals surface area contributed by atoms with Gasteiger partial charge in [-0.25, -0.2) is 0 Å². The lowest BCUT2D eigenvalue weighted by Crippen LogP contribution is -2.33. The molecule has 2 heterocycles. The summed E-state index contributed by atoms with van der Waals surface area (Å²) < 4.78 is 2.65. The molecule has 0 bridgehead atoms. The lowest BCUT2D eigenvalue weighted by atomic mass is 9.93. The number of rotatable bonds is 2. The van der Waals surface area contributed by atoms with Crippen molar-refractivity contribution in [3.05, 3.63) is 57.2 Å². The average Bonchev–Trinajstić information content (AvgIpc) is 2.94. The van der Waals surface area contributed by atoms with E-state index >= 15 is 0 Å². The van der Waals surface area contributed by atoms with Crippen molar-refractivity contribution >= 4 is 23.6 Å². The van der Waals surface area contributed by atoms with Crippen molar-refractivity contribution in [2.24, 2.45) is 5.10 Å². The van der Waals surface area contributed by atoms with Crippen LogP contribution in [0.15, 0.2) is 40.5 Å². The van der Waals surface area contributed by atoms with Crippen LogP contribution in [0.3, 0.4) is 0 Å². The number of halogens is 1. The van der Waals surface area contributed by atoms with E-state index in [4.69, 9.17) is 11.6 Å². The number of benzene rings is 1. The van der Waals surface area contributed by atoms with Crippen LogP contribution in [0.1, 0.15) is 32.0 Å². The molecule has 0 unspecified atom stereocenters. The molecule has 3 aromatic rings. The first-order chi connectivity index (χ1) is 10.9. The molecule has 0 amide bonds. The minimum absolute atomic E-state index is 0.258. The minimum atomic E-state index is -0.424. The summed E-state index contributed by atoms with van der Waals surface area (Å²) >= 11 is 5.86. The van der Waals surface area contributed by atoms with Crippen molar-refractivity contribution in [1.82, 2.24) is 24.5 Å². The number of fused-ring (bicyclic) bond motifs is 1. The van der Waals surface area contributed by atoms with E-state index in [1.165, 1.54) is 15.5 Å². The van der Waals surface area contributed by atoms with Crippen LogP contribution >= 0.6 is 11.6 Å². The summed E-state index contributed by atoms with van der Waals surface area (Å²) in [5.74, 6) is 0.258. The van der Waals surface area contributed by atoms with Crippen LogP contribution in [0.2, 0.25) is 5.02 Å². The minimum Gasteiger partial charge on any atom is -0.265 e. The molecule has 0 radical (unpaired) electrons. The molecule has 8 heteroatoms. The molecule has 23 heavy (non-hydrogen) atoms. The Labute approximate surface area is 137 Å². The molecule has 0 saturated heterocycles. The van der Waals surface area contributed by atoms with E-state index in [-0.39, 0.29) is 11.3 Å². The number of hydrogen-bond acceptors (Lipinski definition) is 5. The first kappa shape index (κ1) is 15.4. The van der Waals surface area contributed by atoms with Gasteiger partial charge in [-0.05, 0) is 17.7 Å². The first-order valence-electron chi connectivity index (χ1n) is 7.00. The predicted molar refractivity (Wildman–Crippen MR) is 88.2 cm³/mol. The van der Waals surface area contributed by atoms with Gasteiger partial charge in [0.15, 0.2) is 0 Å². The maximum absolute atomic E-state index is 12.7. The van der Waals surface area contributed by atoms with E-state index in [1.807, 2.05) is 32.9 Å². The summed E-state index contributed by atoms with van der Waals surface area (Å²) in [6.07, 6.45) is 3.01. The van der Waals surface area contributed by atoms with Crippen LogP contribution < -0.4 is 5.56 Å². The molecule has 2 aromatic heterocycles. The predicted octanol–water partition coefficient (Wildman–Crippen LogP) is 2.12. The van der Waals surface area contributed by atoms with E-state index < -0.39 is 5.41 Å². The molecule has 0 aliphatic rings. The molecule has 0 saturated carbocycles. The van der Waals surface area contributed by atoms with Crippen molar-refractivity contribution in [2.75, 3.05) is 0 Å². The third kappa shape index (κ3) is 3.00. The summed E-state index contributed by atoms with van der Waals surface area (Å²) in [6.45, 7) is 5.75. The van der Waals surface area contributed by atoms with Gasteiger partial charge in [0.05, 0.1) is 6.21 Å². The molecular weight excluding hydrogens is 316 g/mol. The Balaban J connectivity index is 2.16. The normalized spacial score (nSPS) is 12.3. The van der Waals surface area contributed by atoms with Gasteiger partial charge in [-0.2, -0.15) is 19.4 Å². The largest absolute Gasteiger partial charge is 0.298 e. The smallest absolute Gasteiger partial charge is 0.265 e. The van der Waals surface area contributed by atoms with Gasteiger partial charge in [0.1, 0.15) is 12.0 Å². The Morgan fingerprint density at radius 3 is 2.57 bits per heavy atom. The van der Waals surface area contributed by atoms with Crippen LogP contribution in [0.4, 0.5) is 0 Å². The van der Waals surface area contributed by atoms with Crippen LogP contribution in [-0.4, -0.2) is 30.7 Å². The average molecular weight is 331 g/mol. The van der Waals surface area contributed by atoms with E-state index in [2.05, 4.69) is 20.4 Å². The Hall–Kier alpha value is -2.54. The molecule has 0 aliphatic carbocycles. The van der Waals surface area contributed by atoms with Crippen LogP contribution in [0.5, 0.6) is 0 Å². The lowest BCUT2D eigenvalue weighted by molar-refractivity contribution is 0.529. The molecular formula is C15H15ClN6O. The highest BCUT2D eigenvalue weighted by Gasteiger charge is 2.23. The van der Waals surface area contributed by atoms with Gasteiger partial charge in [0.25, 0.3) is 11.3 Å². The highest BCUT2D eigenvalue weighted by atomic mass is 35.5. The first-order valence-corrected chi connectivity index (χ1v) is 7.37. The summed E-state index contributed by atoms with van der Waals surface area (Å²) in [4.78, 5) is 12.7. The number of hydrogen-bond donors (Lipinski definition) is 0. The third-order valence-electron chi connectivity index (χ3n) is 3.21. The number of aromatic nitrogens is 5. The monoisotopic (exact) mass is 330 g/mol. The Morgan fingerprint density at radius 1 is 1.22 bits per heavy atom. The van der Waals surface area contributed by atoms with E-state index in [0.717, 1.165) is 5.56 Å². The fourth-order valence-electron chi connectivity index (χ4n) is 2.02. The van der Waals surface area contributed by atoms with Gasteiger partial charge in [0.2, 0.25) is 0 Å². The zero-order valence-corrected chi connectivity index (χ0v) is 13.7. The summed E-state index contributed by atoms with van der Waals surface area (Å²) in [5.41, 5.74) is 0.460. The maximum Gasteiger partial charge on any atom is 0.298 e. The highest BCUT2D eigenvalue weighted by Crippen LogP contribution is 2.16. The standard InChI is InChI=1S/C15H15ClN6O/c1-15(2,3)12-13(23)22(14-19-17-9-21(14)20-12)18-8-10-4-6-11(16)7-5-10/h4-9H,1-3H3/b18-8-. The van der Waals surface area contributed by atoms with Crippen LogP contribution in [0, 0.1) is 0 Å². The van der Waals surface area contributed by atoms with Crippen molar-refractivity contribution in [3.8, 4) is 0 Å². The molecule has 1 aromatic carbocycles. The van der Waals surface area contributed by atoms with Crippen molar-refractivity contribution in [2.45, 2.75) is 26.2 Å². The third-order valence-corrected chi connectivity index (χ3v) is 3.46. The zero-order valence-electron chi connectivity index (χ0n) is 12.9. The van der Waals surface area contributed by atoms with Crippen LogP contribution in [0.25, 0.3) is 5.78 Å². The number of nitrogens with zero attached hydrogens (tertiary/aromatic N) is 6. The second kappa shape index (κ2) is 5.58. The van der Waals surface area contributed by atoms with Gasteiger partial charge < -0.3 is 0 Å². The fraction of sp³-hybridized carbons (Fsp3) is 0.267. The van der Waals surface area contributed by atoms with Gasteiger partial charge in [-0.1, -0.05) is 44.5 Å². The SMILES string of the molecule is CC(C)(C)c1nn2cnnc2n(/N=C\c2ccc(Cl)cc2)c1=O. The molecule has 3 rings (SSSR count). The molecule has 0 N–H and O–H groups in total. The molecule has 7 nitrogen and oxygen atoms in total. The van der Waals surface area contributed by atoms with Gasteiger partial charge in [-0.15, -0.1) is 10.2 Å². The van der Waals surface area contributed by atoms with Crippen molar-refractivity contribution < 1.29 is 0 Å². The van der Waals surface area contributed by atoms with Crippen molar-refractivity contribution in [1.29, 1.82) is 0 Å². The van der Waals surface area contributed by atoms with Gasteiger partial charge in [-0.3, -0.25) is 4.79 Å². The van der Waals surface area contributed by atoms with E-state index in [0.29, 0.717) is 10.7 Å². The topological polar surface area (TPSA) is 77.4 Å². The Bertz CT molecular complexity index is 933. The van der Waals surface area contributed by atoms with Gasteiger partial charge in [0, 0.05) is 10.4 Å². The van der Waals surface area contributed by atoms with Gasteiger partial charge >= 0.3 is 0 Å². The van der Waals surface area contributed by atoms with Crippen molar-refractivity contribution in [3.63, 3.8) is 0 Å². The summed E-state index contributed by atoms with van der Waals surface area (Å²) in [6, 6.07) is 7.13. The Kier molecular flexibility index (Phi) is 3.73. The Morgan fingerprint density at radius 2 is 1.91 bits per heavy atom. The molecule has 0 fully saturated rings. The second-order valence-corrected chi connectivity index (χ2v) is 6.52. The zero-order chi connectivity index (χ0) is 16.6. The van der Waals surface area contributed by atoms with E-state index in [9.17, 15) is 4.79 Å². The quantitative estimate of drug-likeness (QED) is 0.674. The van der Waals surface area contributed by atoms with E-state index in [1.54, 1.807) is 18.3 Å². The summed E-state index contributed by atoms with van der Waals surface area (Å²) in [5, 5.41) is 16.9. The molecule has 0 aliphatic heterocycles. The molecule has 0 spiro atoms. The fourth-order valence-corrected chi connectivity index (χ4v) is 2.15. The molecule has 0 atom stereocenters.